The lowest BCUT2D eigenvalue weighted by Crippen LogP contribution is -2.08. The highest BCUT2D eigenvalue weighted by Crippen LogP contribution is 2.28. The Kier molecular flexibility index (Phi) is 5.68. The van der Waals surface area contributed by atoms with E-state index in [0.29, 0.717) is 36.6 Å². The van der Waals surface area contributed by atoms with E-state index in [1.807, 2.05) is 6.07 Å². The molecule has 10 heteroatoms. The normalized spacial score (nSPS) is 11.3. The maximum absolute atomic E-state index is 13.1. The van der Waals surface area contributed by atoms with Gasteiger partial charge in [0, 0.05) is 12.7 Å². The molecule has 0 saturated heterocycles. The van der Waals surface area contributed by atoms with E-state index in [9.17, 15) is 22.8 Å². The van der Waals surface area contributed by atoms with Gasteiger partial charge in [0.2, 0.25) is 0 Å². The van der Waals surface area contributed by atoms with Crippen molar-refractivity contribution in [2.45, 2.75) is 19.0 Å². The maximum atomic E-state index is 13.1. The number of nitrogens with one attached hydrogen (secondary N) is 1. The number of nitrogens with zero attached hydrogens (tertiary/aromatic N) is 4. The second-order valence-electron chi connectivity index (χ2n) is 6.17. The summed E-state index contributed by atoms with van der Waals surface area (Å²) in [6, 6.07) is 9.77. The summed E-state index contributed by atoms with van der Waals surface area (Å²) in [5.41, 5.74) is 6.43. The summed E-state index contributed by atoms with van der Waals surface area (Å²) in [5.74, 6) is 0.0736. The molecule has 150 valence electrons. The molecule has 0 radical (unpaired) electrons. The first-order chi connectivity index (χ1) is 13.8. The van der Waals surface area contributed by atoms with Crippen LogP contribution in [0.3, 0.4) is 0 Å². The van der Waals surface area contributed by atoms with E-state index >= 15 is 0 Å². The van der Waals surface area contributed by atoms with E-state index in [0.717, 1.165) is 12.3 Å². The minimum absolute atomic E-state index is 0.159. The number of rotatable bonds is 6. The molecule has 6 nitrogen and oxygen atoms in total. The van der Waals surface area contributed by atoms with Crippen LogP contribution in [0.25, 0.3) is 5.69 Å². The summed E-state index contributed by atoms with van der Waals surface area (Å²) in [6.45, 7) is 0.409. The van der Waals surface area contributed by atoms with Crippen LogP contribution in [0.5, 0.6) is 0 Å². The van der Waals surface area contributed by atoms with Gasteiger partial charge < -0.3 is 11.1 Å². The van der Waals surface area contributed by atoms with Gasteiger partial charge in [0.1, 0.15) is 29.1 Å². The van der Waals surface area contributed by atoms with E-state index in [2.05, 4.69) is 15.4 Å². The largest absolute Gasteiger partial charge is 0.417 e. The number of hydrogen-bond acceptors (Lipinski definition) is 5. The molecule has 0 aliphatic carbocycles. The van der Waals surface area contributed by atoms with Crippen LogP contribution in [0.4, 0.5) is 29.2 Å². The number of nitriles is 1. The Hall–Kier alpha value is -3.61. The van der Waals surface area contributed by atoms with Crippen LogP contribution in [0, 0.1) is 17.1 Å². The van der Waals surface area contributed by atoms with Gasteiger partial charge in [-0.1, -0.05) is 0 Å². The predicted octanol–water partition coefficient (Wildman–Crippen LogP) is 3.92. The van der Waals surface area contributed by atoms with E-state index in [4.69, 9.17) is 5.73 Å². The molecule has 3 N–H and O–H groups in total. The Morgan fingerprint density at radius 1 is 1.14 bits per heavy atom. The molecule has 1 aromatic carbocycles. The summed E-state index contributed by atoms with van der Waals surface area (Å²) in [4.78, 5) is 3.73. The van der Waals surface area contributed by atoms with Gasteiger partial charge in [-0.2, -0.15) is 23.5 Å². The Balaban J connectivity index is 1.63. The molecule has 0 saturated carbocycles. The average Bonchev–Trinajstić information content (AvgIpc) is 3.01. The van der Waals surface area contributed by atoms with Gasteiger partial charge in [-0.15, -0.1) is 0 Å². The molecule has 0 aliphatic heterocycles. The van der Waals surface area contributed by atoms with Crippen LogP contribution in [-0.4, -0.2) is 21.3 Å². The molecule has 0 atom stereocenters. The molecule has 0 amide bonds. The molecule has 3 aromatic rings. The van der Waals surface area contributed by atoms with Crippen LogP contribution in [0.2, 0.25) is 0 Å². The number of halogens is 4. The monoisotopic (exact) mass is 404 g/mol. The van der Waals surface area contributed by atoms with Crippen molar-refractivity contribution in [1.29, 1.82) is 5.26 Å². The second kappa shape index (κ2) is 8.18. The molecule has 2 heterocycles. The molecular weight excluding hydrogens is 388 g/mol. The molecule has 0 spiro atoms. The van der Waals surface area contributed by atoms with Gasteiger partial charge in [0.05, 0.1) is 16.9 Å². The zero-order chi connectivity index (χ0) is 21.0. The lowest BCUT2D eigenvalue weighted by molar-refractivity contribution is -0.137. The van der Waals surface area contributed by atoms with Gasteiger partial charge in [-0.05, 0) is 49.2 Å². The topological polar surface area (TPSA) is 92.5 Å². The minimum atomic E-state index is -4.43. The Morgan fingerprint density at radius 2 is 1.86 bits per heavy atom. The van der Waals surface area contributed by atoms with Crippen LogP contribution in [-0.2, 0) is 12.6 Å². The maximum Gasteiger partial charge on any atom is 0.417 e. The number of nitrogens with two attached hydrogens (primary N) is 1. The van der Waals surface area contributed by atoms with Crippen molar-refractivity contribution in [2.75, 3.05) is 17.6 Å². The molecule has 0 unspecified atom stereocenters. The zero-order valence-corrected chi connectivity index (χ0v) is 15.0. The van der Waals surface area contributed by atoms with Crippen LogP contribution < -0.4 is 11.1 Å². The smallest absolute Gasteiger partial charge is 0.382 e. The van der Waals surface area contributed by atoms with Crippen LogP contribution in [0.15, 0.2) is 42.6 Å². The van der Waals surface area contributed by atoms with Crippen LogP contribution >= 0.6 is 0 Å². The quantitative estimate of drug-likeness (QED) is 0.480. The number of pyridine rings is 1. The zero-order valence-electron chi connectivity index (χ0n) is 15.0. The highest BCUT2D eigenvalue weighted by molar-refractivity contribution is 5.56. The fourth-order valence-electron chi connectivity index (χ4n) is 2.69. The Morgan fingerprint density at radius 3 is 2.45 bits per heavy atom. The van der Waals surface area contributed by atoms with Crippen molar-refractivity contribution in [3.63, 3.8) is 0 Å². The fraction of sp³-hybridized carbons (Fsp3) is 0.211. The number of aromatic nitrogens is 3. The van der Waals surface area contributed by atoms with Gasteiger partial charge >= 0.3 is 6.18 Å². The first-order valence-corrected chi connectivity index (χ1v) is 8.60. The van der Waals surface area contributed by atoms with E-state index in [1.165, 1.54) is 35.0 Å². The van der Waals surface area contributed by atoms with Crippen molar-refractivity contribution in [2.24, 2.45) is 0 Å². The molecule has 3 rings (SSSR count). The number of benzene rings is 1. The number of anilines is 2. The first kappa shape index (κ1) is 20.1. The number of aryl methyl sites for hydroxylation is 1. The summed E-state index contributed by atoms with van der Waals surface area (Å²) in [5, 5.41) is 16.6. The molecule has 2 aromatic heterocycles. The highest BCUT2D eigenvalue weighted by Gasteiger charge is 2.30. The summed E-state index contributed by atoms with van der Waals surface area (Å²) >= 11 is 0. The third-order valence-corrected chi connectivity index (χ3v) is 4.16. The van der Waals surface area contributed by atoms with Gasteiger partial charge in [-0.25, -0.2) is 14.1 Å². The van der Waals surface area contributed by atoms with Crippen LogP contribution in [0.1, 0.15) is 23.2 Å². The number of nitrogen functional groups attached to an aromatic ring is 1. The third kappa shape index (κ3) is 4.63. The van der Waals surface area contributed by atoms with Gasteiger partial charge in [-0.3, -0.25) is 0 Å². The average molecular weight is 404 g/mol. The highest BCUT2D eigenvalue weighted by atomic mass is 19.4. The number of alkyl halides is 3. The first-order valence-electron chi connectivity index (χ1n) is 8.60. The van der Waals surface area contributed by atoms with E-state index in [1.54, 1.807) is 0 Å². The minimum Gasteiger partial charge on any atom is -0.382 e. The van der Waals surface area contributed by atoms with Crippen molar-refractivity contribution in [3.8, 4) is 11.8 Å². The molecule has 0 aliphatic rings. The van der Waals surface area contributed by atoms with Crippen molar-refractivity contribution in [3.05, 3.63) is 65.2 Å². The van der Waals surface area contributed by atoms with E-state index in [-0.39, 0.29) is 11.4 Å². The molecule has 0 fully saturated rings. The standard InChI is InChI=1S/C19H16F4N6/c20-13-4-6-14(7-5-13)29-18(25)15(10-24)16(28-29)2-1-9-26-17-8-3-12(11-27-17)19(21,22)23/h3-8,11H,1-2,9,25H2,(H,26,27). The lowest BCUT2D eigenvalue weighted by Gasteiger charge is -2.08. The van der Waals surface area contributed by atoms with Crippen molar-refractivity contribution >= 4 is 11.6 Å². The Bertz CT molecular complexity index is 1020. The number of hydrogen-bond donors (Lipinski definition) is 2. The predicted molar refractivity (Wildman–Crippen MR) is 98.7 cm³/mol. The second-order valence-corrected chi connectivity index (χ2v) is 6.17. The molecular formula is C19H16F4N6. The third-order valence-electron chi connectivity index (χ3n) is 4.16. The molecule has 29 heavy (non-hydrogen) atoms. The molecule has 0 bridgehead atoms. The summed E-state index contributed by atoms with van der Waals surface area (Å²) in [7, 11) is 0. The Labute approximate surface area is 163 Å². The summed E-state index contributed by atoms with van der Waals surface area (Å²) in [6.07, 6.45) is -2.71. The van der Waals surface area contributed by atoms with Gasteiger partial charge in [0.25, 0.3) is 0 Å². The fourth-order valence-corrected chi connectivity index (χ4v) is 2.69. The van der Waals surface area contributed by atoms with Gasteiger partial charge in [0.15, 0.2) is 0 Å². The van der Waals surface area contributed by atoms with Crippen molar-refractivity contribution in [1.82, 2.24) is 14.8 Å². The summed E-state index contributed by atoms with van der Waals surface area (Å²) < 4.78 is 52.1. The van der Waals surface area contributed by atoms with E-state index < -0.39 is 17.6 Å². The lowest BCUT2D eigenvalue weighted by atomic mass is 10.1. The SMILES string of the molecule is N#Cc1c(CCCNc2ccc(C(F)(F)F)cn2)nn(-c2ccc(F)cc2)c1N. The van der Waals surface area contributed by atoms with Crippen molar-refractivity contribution < 1.29 is 17.6 Å².